The normalized spacial score (nSPS) is 33.8. The summed E-state index contributed by atoms with van der Waals surface area (Å²) in [5.74, 6) is 0.884. The first-order chi connectivity index (χ1) is 26.1. The lowest BCUT2D eigenvalue weighted by molar-refractivity contribution is -0.100. The molecule has 6 aliphatic rings. The molecule has 0 N–H and O–H groups in total. The molecule has 2 aliphatic carbocycles. The van der Waals surface area contributed by atoms with E-state index in [0.29, 0.717) is 49.3 Å². The first-order valence-electron chi connectivity index (χ1n) is 20.6. The SMILES string of the molecule is CC[C@@H]1CC/C=C\[C@@](CN2CCN3CCCC[C@@H]3C2)(OC)[C@@H]2CC[C@H]2CN2C[C@@]3(CCCc4cc(Cl)ccc43)COc3ccc(cc32)C(=O)N(C)S1(=O)=O. The van der Waals surface area contributed by atoms with Gasteiger partial charge in [-0.1, -0.05) is 43.2 Å². The van der Waals surface area contributed by atoms with Gasteiger partial charge >= 0.3 is 0 Å². The molecule has 3 fully saturated rings. The van der Waals surface area contributed by atoms with Crippen molar-refractivity contribution in [1.82, 2.24) is 14.1 Å². The smallest absolute Gasteiger partial charge is 0.267 e. The summed E-state index contributed by atoms with van der Waals surface area (Å²) >= 11 is 6.53. The molecule has 6 atom stereocenters. The number of nitrogens with zero attached hydrogens (tertiary/aromatic N) is 4. The van der Waals surface area contributed by atoms with Crippen molar-refractivity contribution in [1.29, 1.82) is 0 Å². The Labute approximate surface area is 328 Å². The lowest BCUT2D eigenvalue weighted by atomic mass is 9.63. The van der Waals surface area contributed by atoms with Crippen LogP contribution in [0.3, 0.4) is 0 Å². The number of fused-ring (bicyclic) bond motifs is 5. The van der Waals surface area contributed by atoms with Gasteiger partial charge in [0.25, 0.3) is 5.91 Å². The maximum atomic E-state index is 14.0. The average molecular weight is 779 g/mol. The zero-order chi connectivity index (χ0) is 37.7. The molecule has 8 rings (SSSR count). The van der Waals surface area contributed by atoms with Gasteiger partial charge in [0, 0.05) is 75.5 Å². The van der Waals surface area contributed by atoms with Gasteiger partial charge in [-0.15, -0.1) is 0 Å². The molecular formula is C43H59ClN4O5S. The number of carbonyl (C=O) groups is 1. The van der Waals surface area contributed by atoms with Crippen LogP contribution in [0, 0.1) is 11.8 Å². The first-order valence-corrected chi connectivity index (χ1v) is 22.5. The summed E-state index contributed by atoms with van der Waals surface area (Å²) < 4.78 is 42.5. The quantitative estimate of drug-likeness (QED) is 0.310. The van der Waals surface area contributed by atoms with Gasteiger partial charge in [0.2, 0.25) is 10.0 Å². The summed E-state index contributed by atoms with van der Waals surface area (Å²) in [6.07, 6.45) is 15.0. The fraction of sp³-hybridized carbons (Fsp3) is 0.651. The van der Waals surface area contributed by atoms with E-state index in [2.05, 4.69) is 39.0 Å². The van der Waals surface area contributed by atoms with Crippen molar-refractivity contribution in [3.8, 4) is 5.75 Å². The van der Waals surface area contributed by atoms with Crippen molar-refractivity contribution in [2.45, 2.75) is 99.9 Å². The number of piperazine rings is 1. The van der Waals surface area contributed by atoms with Crippen LogP contribution >= 0.6 is 11.6 Å². The van der Waals surface area contributed by atoms with E-state index < -0.39 is 26.8 Å². The Morgan fingerprint density at radius 3 is 2.67 bits per heavy atom. The predicted molar refractivity (Wildman–Crippen MR) is 215 cm³/mol. The largest absolute Gasteiger partial charge is 0.490 e. The predicted octanol–water partition coefficient (Wildman–Crippen LogP) is 6.93. The second kappa shape index (κ2) is 15.4. The zero-order valence-electron chi connectivity index (χ0n) is 32.5. The van der Waals surface area contributed by atoms with E-state index in [1.165, 1.54) is 44.0 Å². The zero-order valence-corrected chi connectivity index (χ0v) is 34.1. The lowest BCUT2D eigenvalue weighted by Gasteiger charge is -2.53. The molecule has 2 aromatic carbocycles. The highest BCUT2D eigenvalue weighted by Gasteiger charge is 2.50. The Kier molecular flexibility index (Phi) is 10.9. The van der Waals surface area contributed by atoms with Crippen molar-refractivity contribution >= 4 is 33.2 Å². The van der Waals surface area contributed by atoms with Gasteiger partial charge in [0.05, 0.1) is 17.5 Å². The van der Waals surface area contributed by atoms with Gasteiger partial charge < -0.3 is 14.4 Å². The van der Waals surface area contributed by atoms with Crippen LogP contribution in [-0.4, -0.2) is 112 Å². The van der Waals surface area contributed by atoms with Crippen LogP contribution in [0.5, 0.6) is 5.75 Å². The molecule has 1 spiro atoms. The lowest BCUT2D eigenvalue weighted by Crippen LogP contribution is -2.61. The third-order valence-corrected chi connectivity index (χ3v) is 16.7. The Morgan fingerprint density at radius 2 is 1.87 bits per heavy atom. The molecule has 54 heavy (non-hydrogen) atoms. The minimum atomic E-state index is -3.91. The number of anilines is 1. The standard InChI is InChI=1S/C43H59ClN4O5S/c1-4-36-12-5-7-20-43(52-3,29-46-22-23-47-21-8-6-11-35(47)27-46)38-16-13-33(38)26-48-28-42(19-9-10-31-24-34(44)15-17-37(31)42)30-53-40-18-14-32(25-39(40)48)41(49)45(2)54(36,50)51/h7,14-15,17-18,20,24-25,33,35-36,38H,4-6,8-13,16,19,21-23,26-30H2,1-3H3/b20-7-/t33-,35+,36+,38+,42-,43-/m0/s1. The molecule has 4 heterocycles. The van der Waals surface area contributed by atoms with Crippen molar-refractivity contribution in [2.24, 2.45) is 11.8 Å². The number of amides is 1. The molecule has 294 valence electrons. The van der Waals surface area contributed by atoms with Crippen LogP contribution in [0.4, 0.5) is 5.69 Å². The van der Waals surface area contributed by atoms with Crippen LogP contribution < -0.4 is 9.64 Å². The summed E-state index contributed by atoms with van der Waals surface area (Å²) in [6, 6.07) is 12.4. The van der Waals surface area contributed by atoms with E-state index in [0.717, 1.165) is 92.1 Å². The van der Waals surface area contributed by atoms with E-state index in [9.17, 15) is 13.2 Å². The topological polar surface area (TPSA) is 82.6 Å². The van der Waals surface area contributed by atoms with Crippen LogP contribution in [0.15, 0.2) is 48.6 Å². The van der Waals surface area contributed by atoms with Crippen molar-refractivity contribution < 1.29 is 22.7 Å². The molecule has 2 saturated heterocycles. The second-order valence-electron chi connectivity index (χ2n) is 17.1. The molecule has 1 saturated carbocycles. The highest BCUT2D eigenvalue weighted by atomic mass is 35.5. The Morgan fingerprint density at radius 1 is 1.00 bits per heavy atom. The third kappa shape index (κ3) is 7.01. The minimum Gasteiger partial charge on any atom is -0.490 e. The number of methoxy groups -OCH3 is 1. The third-order valence-electron chi connectivity index (χ3n) is 14.2. The molecule has 2 aromatic rings. The molecule has 0 aromatic heterocycles. The molecule has 0 radical (unpaired) electrons. The number of hydrogen-bond acceptors (Lipinski definition) is 8. The Bertz CT molecular complexity index is 1860. The van der Waals surface area contributed by atoms with Crippen molar-refractivity contribution in [2.75, 3.05) is 71.5 Å². The number of benzene rings is 2. The maximum absolute atomic E-state index is 14.0. The van der Waals surface area contributed by atoms with Gasteiger partial charge in [0.15, 0.2) is 0 Å². The highest BCUT2D eigenvalue weighted by Crippen LogP contribution is 2.49. The molecule has 9 nitrogen and oxygen atoms in total. The number of allylic oxidation sites excluding steroid dienone is 1. The molecular weight excluding hydrogens is 720 g/mol. The number of rotatable bonds is 4. The number of hydrogen-bond donors (Lipinski definition) is 0. The van der Waals surface area contributed by atoms with E-state index in [1.807, 2.05) is 32.2 Å². The molecule has 2 bridgehead atoms. The Hall–Kier alpha value is -2.63. The Balaban J connectivity index is 1.20. The summed E-state index contributed by atoms with van der Waals surface area (Å²) in [5.41, 5.74) is 3.05. The van der Waals surface area contributed by atoms with Gasteiger partial charge in [-0.3, -0.25) is 14.6 Å². The van der Waals surface area contributed by atoms with Gasteiger partial charge in [-0.25, -0.2) is 12.7 Å². The number of ether oxygens (including phenoxy) is 2. The average Bonchev–Trinajstić information content (AvgIpc) is 3.31. The van der Waals surface area contributed by atoms with Gasteiger partial charge in [-0.05, 0) is 124 Å². The molecule has 0 unspecified atom stereocenters. The minimum absolute atomic E-state index is 0.256. The monoisotopic (exact) mass is 778 g/mol. The van der Waals surface area contributed by atoms with Crippen molar-refractivity contribution in [3.63, 3.8) is 0 Å². The van der Waals surface area contributed by atoms with Crippen LogP contribution in [0.2, 0.25) is 5.02 Å². The maximum Gasteiger partial charge on any atom is 0.267 e. The fourth-order valence-electron chi connectivity index (χ4n) is 10.9. The summed E-state index contributed by atoms with van der Waals surface area (Å²) in [5, 5.41) is 0.0875. The van der Waals surface area contributed by atoms with E-state index in [-0.39, 0.29) is 5.41 Å². The second-order valence-corrected chi connectivity index (χ2v) is 19.8. The number of sulfonamides is 1. The van der Waals surface area contributed by atoms with Gasteiger partial charge in [0.1, 0.15) is 11.4 Å². The number of piperidine rings is 1. The van der Waals surface area contributed by atoms with Crippen LogP contribution in [-0.2, 0) is 26.6 Å². The van der Waals surface area contributed by atoms with E-state index in [4.69, 9.17) is 21.1 Å². The van der Waals surface area contributed by atoms with E-state index >= 15 is 0 Å². The number of aryl methyl sites for hydroxylation is 1. The van der Waals surface area contributed by atoms with Gasteiger partial charge in [-0.2, -0.15) is 0 Å². The summed E-state index contributed by atoms with van der Waals surface area (Å²) in [7, 11) is -0.605. The summed E-state index contributed by atoms with van der Waals surface area (Å²) in [6.45, 7) is 9.21. The summed E-state index contributed by atoms with van der Waals surface area (Å²) in [4.78, 5) is 21.9. The molecule has 1 amide bonds. The van der Waals surface area contributed by atoms with Crippen LogP contribution in [0.1, 0.15) is 92.6 Å². The van der Waals surface area contributed by atoms with Crippen molar-refractivity contribution in [3.05, 3.63) is 70.3 Å². The first kappa shape index (κ1) is 38.3. The number of carbonyl (C=O) groups excluding carboxylic acids is 1. The fourth-order valence-corrected chi connectivity index (χ4v) is 12.7. The highest BCUT2D eigenvalue weighted by molar-refractivity contribution is 7.90. The number of halogens is 1. The molecule has 4 aliphatic heterocycles. The van der Waals surface area contributed by atoms with Crippen LogP contribution in [0.25, 0.3) is 0 Å². The molecule has 11 heteroatoms. The van der Waals surface area contributed by atoms with E-state index in [1.54, 1.807) is 6.07 Å².